The van der Waals surface area contributed by atoms with Crippen molar-refractivity contribution in [3.05, 3.63) is 23.3 Å². The molecule has 5 N–H and O–H groups in total. The molecule has 0 spiro atoms. The third-order valence-electron chi connectivity index (χ3n) is 7.25. The smallest absolute Gasteiger partial charge is 0.289 e. The molecule has 0 bridgehead atoms. The third-order valence-corrected chi connectivity index (χ3v) is 7.25. The van der Waals surface area contributed by atoms with Crippen LogP contribution in [0.25, 0.3) is 0 Å². The lowest BCUT2D eigenvalue weighted by atomic mass is 9.81. The molecule has 0 saturated carbocycles. The van der Waals surface area contributed by atoms with Crippen molar-refractivity contribution >= 4 is 11.8 Å². The Morgan fingerprint density at radius 2 is 1.11 bits per heavy atom. The summed E-state index contributed by atoms with van der Waals surface area (Å²) in [5, 5.41) is 3.00. The predicted octanol–water partition coefficient (Wildman–Crippen LogP) is 5.70. The summed E-state index contributed by atoms with van der Waals surface area (Å²) in [5.74, 6) is 0.844. The van der Waals surface area contributed by atoms with Gasteiger partial charge in [0.05, 0.1) is 6.17 Å². The number of carbonyl (C=O) groups excluding carboxylic acids is 2. The van der Waals surface area contributed by atoms with Gasteiger partial charge in [-0.05, 0) is 48.6 Å². The fourth-order valence-electron chi connectivity index (χ4n) is 4.54. The van der Waals surface area contributed by atoms with Crippen molar-refractivity contribution in [2.75, 3.05) is 32.8 Å². The molecule has 1 atom stereocenters. The van der Waals surface area contributed by atoms with Crippen LogP contribution in [0.15, 0.2) is 12.1 Å². The zero-order chi connectivity index (χ0) is 33.3. The number of ether oxygens (including phenoxy) is 2. The monoisotopic (exact) mass is 620 g/mol. The van der Waals surface area contributed by atoms with Gasteiger partial charge in [0.1, 0.15) is 11.5 Å². The van der Waals surface area contributed by atoms with Crippen LogP contribution in [-0.2, 0) is 20.4 Å². The number of rotatable bonds is 21. The zero-order valence-electron chi connectivity index (χ0n) is 29.5. The highest BCUT2D eigenvalue weighted by molar-refractivity contribution is 5.78. The second kappa shape index (κ2) is 19.9. The molecule has 0 aliphatic rings. The maximum absolute atomic E-state index is 13.3. The van der Waals surface area contributed by atoms with E-state index in [1.807, 2.05) is 12.1 Å². The van der Waals surface area contributed by atoms with Crippen LogP contribution in [0.5, 0.6) is 11.5 Å². The standard InChI is InChI=1S/C34H64N6O4/c1-11-15-19-36-39(30(35)18-14-4)31(41)24-43-28-22-27(34(8,9)10)29(23-26(28)33(5,6)7)44-25-32(42)40(37-20-16-12-2)38-21-17-13-3/h22-23,30,36-38H,11-21,24-25,35H2,1-10H3. The number of benzene rings is 1. The van der Waals surface area contributed by atoms with Crippen LogP contribution < -0.4 is 31.5 Å². The van der Waals surface area contributed by atoms with Crippen molar-refractivity contribution < 1.29 is 19.1 Å². The summed E-state index contributed by atoms with van der Waals surface area (Å²) in [5.41, 5.74) is 17.1. The Morgan fingerprint density at radius 3 is 1.50 bits per heavy atom. The molecule has 2 amide bonds. The van der Waals surface area contributed by atoms with Crippen LogP contribution in [0.1, 0.15) is 132 Å². The number of hydrogen-bond donors (Lipinski definition) is 4. The molecule has 0 aromatic heterocycles. The molecule has 254 valence electrons. The van der Waals surface area contributed by atoms with Gasteiger partial charge >= 0.3 is 0 Å². The van der Waals surface area contributed by atoms with Gasteiger partial charge in [-0.2, -0.15) is 0 Å². The van der Waals surface area contributed by atoms with E-state index in [4.69, 9.17) is 15.2 Å². The molecule has 1 aromatic carbocycles. The minimum absolute atomic E-state index is 0.128. The Balaban J connectivity index is 3.30. The molecular formula is C34H64N6O4. The van der Waals surface area contributed by atoms with Gasteiger partial charge in [0.2, 0.25) is 0 Å². The quantitative estimate of drug-likeness (QED) is 0.0785. The average Bonchev–Trinajstić information content (AvgIpc) is 2.95. The number of amides is 2. The van der Waals surface area contributed by atoms with Gasteiger partial charge in [-0.1, -0.05) is 94.9 Å². The lowest BCUT2D eigenvalue weighted by molar-refractivity contribution is -0.141. The van der Waals surface area contributed by atoms with Crippen molar-refractivity contribution in [1.82, 2.24) is 26.4 Å². The molecule has 0 heterocycles. The van der Waals surface area contributed by atoms with Crippen LogP contribution in [0, 0.1) is 0 Å². The van der Waals surface area contributed by atoms with Crippen LogP contribution in [0.3, 0.4) is 0 Å². The van der Waals surface area contributed by atoms with E-state index in [-0.39, 0.29) is 35.9 Å². The van der Waals surface area contributed by atoms with E-state index in [1.54, 1.807) is 0 Å². The Hall–Kier alpha value is -2.40. The highest BCUT2D eigenvalue weighted by Crippen LogP contribution is 2.41. The molecular weight excluding hydrogens is 556 g/mol. The van der Waals surface area contributed by atoms with Crippen molar-refractivity contribution in [2.45, 2.75) is 138 Å². The van der Waals surface area contributed by atoms with E-state index in [0.717, 1.165) is 56.1 Å². The van der Waals surface area contributed by atoms with Crippen LogP contribution in [-0.4, -0.2) is 61.0 Å². The molecule has 10 nitrogen and oxygen atoms in total. The zero-order valence-corrected chi connectivity index (χ0v) is 29.5. The molecule has 0 radical (unpaired) electrons. The summed E-state index contributed by atoms with van der Waals surface area (Å²) < 4.78 is 12.5. The van der Waals surface area contributed by atoms with Gasteiger partial charge in [0.15, 0.2) is 13.2 Å². The highest BCUT2D eigenvalue weighted by atomic mass is 16.5. The molecule has 0 saturated heterocycles. The second-order valence-electron chi connectivity index (χ2n) is 13.6. The van der Waals surface area contributed by atoms with Gasteiger partial charge in [-0.3, -0.25) is 14.6 Å². The molecule has 1 unspecified atom stereocenters. The Kier molecular flexibility index (Phi) is 17.9. The predicted molar refractivity (Wildman–Crippen MR) is 180 cm³/mol. The van der Waals surface area contributed by atoms with E-state index in [1.165, 1.54) is 10.1 Å². The molecule has 0 aliphatic carbocycles. The SMILES string of the molecule is CCCCNN(NCCCC)C(=O)COc1cc(C(C)(C)C)c(OCC(=O)N(NCCCC)C(N)CCC)cc1C(C)(C)C. The van der Waals surface area contributed by atoms with Gasteiger partial charge in [-0.25, -0.2) is 21.4 Å². The Bertz CT molecular complexity index is 979. The molecule has 0 fully saturated rings. The first kappa shape index (κ1) is 39.6. The molecule has 10 heteroatoms. The maximum atomic E-state index is 13.3. The summed E-state index contributed by atoms with van der Waals surface area (Å²) >= 11 is 0. The molecule has 44 heavy (non-hydrogen) atoms. The minimum atomic E-state index is -0.430. The lowest BCUT2D eigenvalue weighted by Crippen LogP contribution is -2.55. The molecule has 1 aromatic rings. The first-order valence-corrected chi connectivity index (χ1v) is 16.8. The third kappa shape index (κ3) is 13.7. The largest absolute Gasteiger partial charge is 0.483 e. The fraction of sp³-hybridized carbons (Fsp3) is 0.765. The summed E-state index contributed by atoms with van der Waals surface area (Å²) in [6, 6.07) is 3.93. The number of unbranched alkanes of at least 4 members (excludes halogenated alkanes) is 3. The van der Waals surface area contributed by atoms with Crippen molar-refractivity contribution in [2.24, 2.45) is 5.73 Å². The number of hydrazine groups is 3. The number of hydrogen-bond acceptors (Lipinski definition) is 8. The Labute approximate surface area is 268 Å². The number of nitrogens with zero attached hydrogens (tertiary/aromatic N) is 2. The fourth-order valence-corrected chi connectivity index (χ4v) is 4.54. The summed E-state index contributed by atoms with van der Waals surface area (Å²) in [7, 11) is 0. The maximum Gasteiger partial charge on any atom is 0.289 e. The average molecular weight is 621 g/mol. The van der Waals surface area contributed by atoms with E-state index >= 15 is 0 Å². The molecule has 1 rings (SSSR count). The normalized spacial score (nSPS) is 12.6. The highest BCUT2D eigenvalue weighted by Gasteiger charge is 2.29. The van der Waals surface area contributed by atoms with Crippen molar-refractivity contribution in [1.29, 1.82) is 0 Å². The minimum Gasteiger partial charge on any atom is -0.483 e. The van der Waals surface area contributed by atoms with Gasteiger partial charge in [0.25, 0.3) is 11.8 Å². The van der Waals surface area contributed by atoms with Crippen molar-refractivity contribution in [3.8, 4) is 11.5 Å². The summed E-state index contributed by atoms with van der Waals surface area (Å²) in [6.07, 6.45) is 7.08. The number of nitrogens with one attached hydrogen (secondary N) is 3. The van der Waals surface area contributed by atoms with Crippen LogP contribution in [0.2, 0.25) is 0 Å². The lowest BCUT2D eigenvalue weighted by Gasteiger charge is -2.31. The van der Waals surface area contributed by atoms with Gasteiger partial charge < -0.3 is 15.2 Å². The topological polar surface area (TPSA) is 121 Å². The summed E-state index contributed by atoms with van der Waals surface area (Å²) in [4.78, 5) is 26.6. The first-order chi connectivity index (χ1) is 20.7. The van der Waals surface area contributed by atoms with Crippen LogP contribution >= 0.6 is 0 Å². The van der Waals surface area contributed by atoms with Gasteiger partial charge in [0, 0.05) is 30.8 Å². The number of nitrogens with two attached hydrogens (primary N) is 1. The van der Waals surface area contributed by atoms with E-state index in [2.05, 4.69) is 85.5 Å². The van der Waals surface area contributed by atoms with E-state index in [0.29, 0.717) is 37.6 Å². The summed E-state index contributed by atoms with van der Waals surface area (Å²) in [6.45, 7) is 22.7. The van der Waals surface area contributed by atoms with Gasteiger partial charge in [-0.15, -0.1) is 0 Å². The van der Waals surface area contributed by atoms with E-state index < -0.39 is 6.17 Å². The number of carbonyl (C=O) groups is 2. The Morgan fingerprint density at radius 1 is 0.705 bits per heavy atom. The van der Waals surface area contributed by atoms with Crippen molar-refractivity contribution in [3.63, 3.8) is 0 Å². The first-order valence-electron chi connectivity index (χ1n) is 16.8. The molecule has 0 aliphatic heterocycles. The second-order valence-corrected chi connectivity index (χ2v) is 13.6. The van der Waals surface area contributed by atoms with E-state index in [9.17, 15) is 9.59 Å². The van der Waals surface area contributed by atoms with Crippen LogP contribution in [0.4, 0.5) is 0 Å².